The molecule has 82 valence electrons. The molecule has 0 unspecified atom stereocenters. The Morgan fingerprint density at radius 1 is 1.20 bits per heavy atom. The molecule has 0 bridgehead atoms. The number of hydrogen-bond donors (Lipinski definition) is 1. The summed E-state index contributed by atoms with van der Waals surface area (Å²) < 4.78 is 0. The molecule has 1 N–H and O–H groups in total. The summed E-state index contributed by atoms with van der Waals surface area (Å²) in [5.41, 5.74) is 0.524. The highest BCUT2D eigenvalue weighted by atomic mass is 15.1. The first-order chi connectivity index (χ1) is 7.16. The molecule has 1 aromatic rings. The molecule has 1 fully saturated rings. The van der Waals surface area contributed by atoms with Crippen LogP contribution >= 0.6 is 0 Å². The Morgan fingerprint density at radius 3 is 2.40 bits per heavy atom. The maximum atomic E-state index is 4.19. The average molecular weight is 205 g/mol. The van der Waals surface area contributed by atoms with E-state index in [1.165, 1.54) is 25.7 Å². The van der Waals surface area contributed by atoms with Crippen LogP contribution in [0.4, 0.5) is 5.95 Å². The standard InChI is InChI=1S/C12H19N3/c1-12(2)6-4-10(5-7-12)15-11-13-8-3-9-14-11/h3,8-10H,4-7H2,1-2H3,(H,13,14,15). The van der Waals surface area contributed by atoms with Crippen LogP contribution in [-0.4, -0.2) is 16.0 Å². The lowest BCUT2D eigenvalue weighted by Gasteiger charge is -2.34. The molecule has 3 nitrogen and oxygen atoms in total. The monoisotopic (exact) mass is 205 g/mol. The highest BCUT2D eigenvalue weighted by molar-refractivity contribution is 5.24. The van der Waals surface area contributed by atoms with Crippen molar-refractivity contribution in [3.8, 4) is 0 Å². The van der Waals surface area contributed by atoms with Gasteiger partial charge in [0.25, 0.3) is 0 Å². The van der Waals surface area contributed by atoms with E-state index in [4.69, 9.17) is 0 Å². The SMILES string of the molecule is CC1(C)CCC(Nc2ncccn2)CC1. The van der Waals surface area contributed by atoms with Crippen molar-refractivity contribution in [2.75, 3.05) is 5.32 Å². The summed E-state index contributed by atoms with van der Waals surface area (Å²) in [5.74, 6) is 0.766. The van der Waals surface area contributed by atoms with E-state index < -0.39 is 0 Å². The number of anilines is 1. The molecule has 1 aliphatic carbocycles. The maximum absolute atomic E-state index is 4.19. The first-order valence-corrected chi connectivity index (χ1v) is 5.69. The largest absolute Gasteiger partial charge is 0.351 e. The molecule has 1 saturated carbocycles. The summed E-state index contributed by atoms with van der Waals surface area (Å²) in [6, 6.07) is 2.40. The Kier molecular flexibility index (Phi) is 2.89. The summed E-state index contributed by atoms with van der Waals surface area (Å²) in [6.07, 6.45) is 8.59. The van der Waals surface area contributed by atoms with Crippen molar-refractivity contribution < 1.29 is 0 Å². The van der Waals surface area contributed by atoms with E-state index in [9.17, 15) is 0 Å². The number of aromatic nitrogens is 2. The molecule has 0 saturated heterocycles. The van der Waals surface area contributed by atoms with Crippen LogP contribution in [-0.2, 0) is 0 Å². The van der Waals surface area contributed by atoms with E-state index in [1.54, 1.807) is 12.4 Å². The normalized spacial score (nSPS) is 21.2. The van der Waals surface area contributed by atoms with Crippen LogP contribution in [0.15, 0.2) is 18.5 Å². The fourth-order valence-corrected chi connectivity index (χ4v) is 2.10. The van der Waals surface area contributed by atoms with Crippen molar-refractivity contribution in [3.63, 3.8) is 0 Å². The van der Waals surface area contributed by atoms with E-state index in [0.717, 1.165) is 5.95 Å². The van der Waals surface area contributed by atoms with Gasteiger partial charge in [-0.05, 0) is 37.2 Å². The van der Waals surface area contributed by atoms with Crippen molar-refractivity contribution in [2.45, 2.75) is 45.6 Å². The van der Waals surface area contributed by atoms with Gasteiger partial charge in [-0.3, -0.25) is 0 Å². The second-order valence-corrected chi connectivity index (χ2v) is 5.16. The quantitative estimate of drug-likeness (QED) is 0.806. The lowest BCUT2D eigenvalue weighted by molar-refractivity contribution is 0.232. The second-order valence-electron chi connectivity index (χ2n) is 5.16. The Balaban J connectivity index is 1.88. The van der Waals surface area contributed by atoms with Gasteiger partial charge in [-0.15, -0.1) is 0 Å². The van der Waals surface area contributed by atoms with Crippen molar-refractivity contribution in [2.24, 2.45) is 5.41 Å². The Labute approximate surface area is 91.3 Å². The van der Waals surface area contributed by atoms with Gasteiger partial charge in [-0.25, -0.2) is 9.97 Å². The number of nitrogens with one attached hydrogen (secondary N) is 1. The summed E-state index contributed by atoms with van der Waals surface area (Å²) in [7, 11) is 0. The van der Waals surface area contributed by atoms with E-state index in [-0.39, 0.29) is 0 Å². The van der Waals surface area contributed by atoms with Crippen LogP contribution in [0.3, 0.4) is 0 Å². The zero-order chi connectivity index (χ0) is 10.7. The van der Waals surface area contributed by atoms with E-state index >= 15 is 0 Å². The van der Waals surface area contributed by atoms with Crippen molar-refractivity contribution in [3.05, 3.63) is 18.5 Å². The summed E-state index contributed by atoms with van der Waals surface area (Å²) in [6.45, 7) is 4.70. The van der Waals surface area contributed by atoms with Gasteiger partial charge in [-0.2, -0.15) is 0 Å². The van der Waals surface area contributed by atoms with Crippen molar-refractivity contribution in [1.29, 1.82) is 0 Å². The molecule has 3 heteroatoms. The minimum Gasteiger partial charge on any atom is -0.351 e. The predicted molar refractivity (Wildman–Crippen MR) is 61.7 cm³/mol. The smallest absolute Gasteiger partial charge is 0.222 e. The summed E-state index contributed by atoms with van der Waals surface area (Å²) >= 11 is 0. The highest BCUT2D eigenvalue weighted by Gasteiger charge is 2.26. The fourth-order valence-electron chi connectivity index (χ4n) is 2.10. The van der Waals surface area contributed by atoms with Gasteiger partial charge < -0.3 is 5.32 Å². The van der Waals surface area contributed by atoms with Gasteiger partial charge in [0.05, 0.1) is 0 Å². The number of rotatable bonds is 2. The van der Waals surface area contributed by atoms with Crippen molar-refractivity contribution >= 4 is 5.95 Å². The van der Waals surface area contributed by atoms with Crippen LogP contribution in [0.25, 0.3) is 0 Å². The van der Waals surface area contributed by atoms with Crippen LogP contribution in [0.2, 0.25) is 0 Å². The van der Waals surface area contributed by atoms with Gasteiger partial charge in [0.2, 0.25) is 5.95 Å². The third-order valence-corrected chi connectivity index (χ3v) is 3.24. The third-order valence-electron chi connectivity index (χ3n) is 3.24. The van der Waals surface area contributed by atoms with E-state index in [1.807, 2.05) is 6.07 Å². The van der Waals surface area contributed by atoms with Crippen molar-refractivity contribution in [1.82, 2.24) is 9.97 Å². The lowest BCUT2D eigenvalue weighted by atomic mass is 9.76. The minimum absolute atomic E-state index is 0.524. The molecule has 0 atom stereocenters. The van der Waals surface area contributed by atoms with Crippen LogP contribution in [0.1, 0.15) is 39.5 Å². The number of nitrogens with zero attached hydrogens (tertiary/aromatic N) is 2. The molecule has 1 heterocycles. The molecule has 0 aromatic carbocycles. The van der Waals surface area contributed by atoms with Gasteiger partial charge in [0, 0.05) is 18.4 Å². The van der Waals surface area contributed by atoms with Crippen LogP contribution in [0.5, 0.6) is 0 Å². The molecule has 0 aliphatic heterocycles. The first kappa shape index (κ1) is 10.4. The van der Waals surface area contributed by atoms with Gasteiger partial charge in [-0.1, -0.05) is 13.8 Å². The first-order valence-electron chi connectivity index (χ1n) is 5.69. The average Bonchev–Trinajstić information content (AvgIpc) is 2.23. The predicted octanol–water partition coefficient (Wildman–Crippen LogP) is 2.86. The van der Waals surface area contributed by atoms with Gasteiger partial charge in [0.15, 0.2) is 0 Å². The zero-order valence-electron chi connectivity index (χ0n) is 9.53. The van der Waals surface area contributed by atoms with E-state index in [2.05, 4.69) is 29.1 Å². The van der Waals surface area contributed by atoms with Gasteiger partial charge >= 0.3 is 0 Å². The molecule has 0 radical (unpaired) electrons. The molecule has 0 amide bonds. The molecular weight excluding hydrogens is 186 g/mol. The Hall–Kier alpha value is -1.12. The van der Waals surface area contributed by atoms with E-state index in [0.29, 0.717) is 11.5 Å². The molecule has 2 rings (SSSR count). The zero-order valence-corrected chi connectivity index (χ0v) is 9.53. The Morgan fingerprint density at radius 2 is 1.80 bits per heavy atom. The number of hydrogen-bond acceptors (Lipinski definition) is 3. The Bertz CT molecular complexity index is 298. The summed E-state index contributed by atoms with van der Waals surface area (Å²) in [4.78, 5) is 8.37. The van der Waals surface area contributed by atoms with Gasteiger partial charge in [0.1, 0.15) is 0 Å². The molecule has 15 heavy (non-hydrogen) atoms. The topological polar surface area (TPSA) is 37.8 Å². The highest BCUT2D eigenvalue weighted by Crippen LogP contribution is 2.35. The fraction of sp³-hybridized carbons (Fsp3) is 0.667. The second kappa shape index (κ2) is 4.17. The maximum Gasteiger partial charge on any atom is 0.222 e. The summed E-state index contributed by atoms with van der Waals surface area (Å²) in [5, 5.41) is 3.40. The lowest BCUT2D eigenvalue weighted by Crippen LogP contribution is -2.30. The molecule has 1 aliphatic rings. The molecule has 0 spiro atoms. The molecule has 1 aromatic heterocycles. The third kappa shape index (κ3) is 2.91. The minimum atomic E-state index is 0.524. The van der Waals surface area contributed by atoms with Crippen LogP contribution in [0, 0.1) is 5.41 Å². The van der Waals surface area contributed by atoms with Crippen LogP contribution < -0.4 is 5.32 Å². The molecular formula is C12H19N3.